The van der Waals surface area contributed by atoms with Gasteiger partial charge in [0.2, 0.25) is 11.8 Å². The van der Waals surface area contributed by atoms with Crippen molar-refractivity contribution in [2.45, 2.75) is 38.4 Å². The van der Waals surface area contributed by atoms with Crippen molar-refractivity contribution in [3.8, 4) is 0 Å². The minimum Gasteiger partial charge on any atom is -0.322 e. The largest absolute Gasteiger partial charge is 0.322 e. The molecule has 2 saturated heterocycles. The number of carbonyl (C=O) groups excluding carboxylic acids is 3. The number of benzene rings is 1. The highest BCUT2D eigenvalue weighted by Gasteiger charge is 2.50. The predicted molar refractivity (Wildman–Crippen MR) is 102 cm³/mol. The van der Waals surface area contributed by atoms with Crippen LogP contribution in [0.15, 0.2) is 18.2 Å². The zero-order valence-electron chi connectivity index (χ0n) is 15.9. The van der Waals surface area contributed by atoms with E-state index in [1.54, 1.807) is 4.90 Å². The Hall–Kier alpha value is -2.25. The first kappa shape index (κ1) is 17.8. The summed E-state index contributed by atoms with van der Waals surface area (Å²) in [5, 5.41) is 9.38. The van der Waals surface area contributed by atoms with Crippen LogP contribution in [0.2, 0.25) is 0 Å². The van der Waals surface area contributed by atoms with E-state index in [-0.39, 0.29) is 24.1 Å². The zero-order chi connectivity index (χ0) is 19.3. The maximum Gasteiger partial charge on any atom is 0.255 e. The summed E-state index contributed by atoms with van der Waals surface area (Å²) in [5.74, 6) is 1.72. The Labute approximate surface area is 164 Å². The molecule has 4 aliphatic rings. The van der Waals surface area contributed by atoms with E-state index in [0.29, 0.717) is 19.5 Å². The Morgan fingerprint density at radius 1 is 1.14 bits per heavy atom. The minimum absolute atomic E-state index is 0.0915. The number of hydrogen-bond acceptors (Lipinski definition) is 5. The first-order valence-electron chi connectivity index (χ1n) is 10.3. The van der Waals surface area contributed by atoms with Crippen LogP contribution < -0.4 is 16.0 Å². The summed E-state index contributed by atoms with van der Waals surface area (Å²) in [6, 6.07) is 5.39. The first-order valence-corrected chi connectivity index (χ1v) is 10.3. The molecule has 3 amide bonds. The molecule has 1 aliphatic carbocycles. The topological polar surface area (TPSA) is 90.5 Å². The first-order chi connectivity index (χ1) is 13.6. The summed E-state index contributed by atoms with van der Waals surface area (Å²) in [5.41, 5.74) is 2.70. The zero-order valence-corrected chi connectivity index (χ0v) is 15.9. The van der Waals surface area contributed by atoms with E-state index in [4.69, 9.17) is 0 Å². The van der Waals surface area contributed by atoms with Crippen molar-refractivity contribution in [2.24, 2.45) is 17.8 Å². The fourth-order valence-electron chi connectivity index (χ4n) is 5.31. The van der Waals surface area contributed by atoms with E-state index in [9.17, 15) is 14.4 Å². The lowest BCUT2D eigenvalue weighted by molar-refractivity contribution is -0.136. The average molecular weight is 382 g/mol. The molecule has 3 fully saturated rings. The predicted octanol–water partition coefficient (Wildman–Crippen LogP) is 0.393. The van der Waals surface area contributed by atoms with Gasteiger partial charge in [-0.25, -0.2) is 0 Å². The van der Waals surface area contributed by atoms with Crippen molar-refractivity contribution in [3.63, 3.8) is 0 Å². The van der Waals surface area contributed by atoms with Gasteiger partial charge in [0.15, 0.2) is 0 Å². The molecule has 4 unspecified atom stereocenters. The number of fused-ring (bicyclic) bond motifs is 2. The highest BCUT2D eigenvalue weighted by molar-refractivity contribution is 6.05. The van der Waals surface area contributed by atoms with E-state index in [2.05, 4.69) is 16.0 Å². The van der Waals surface area contributed by atoms with Gasteiger partial charge in [-0.1, -0.05) is 18.2 Å². The van der Waals surface area contributed by atoms with Crippen LogP contribution in [-0.4, -0.2) is 48.3 Å². The Balaban J connectivity index is 1.25. The third-order valence-corrected chi connectivity index (χ3v) is 6.88. The molecule has 7 heteroatoms. The molecule has 28 heavy (non-hydrogen) atoms. The van der Waals surface area contributed by atoms with Gasteiger partial charge in [0.25, 0.3) is 5.91 Å². The third kappa shape index (κ3) is 3.02. The summed E-state index contributed by atoms with van der Waals surface area (Å²) >= 11 is 0. The number of amides is 3. The Kier molecular flexibility index (Phi) is 4.44. The van der Waals surface area contributed by atoms with Crippen LogP contribution >= 0.6 is 0 Å². The van der Waals surface area contributed by atoms with Crippen molar-refractivity contribution in [3.05, 3.63) is 34.9 Å². The molecular formula is C21H26N4O3. The summed E-state index contributed by atoms with van der Waals surface area (Å²) in [6.45, 7) is 4.37. The molecule has 3 aliphatic heterocycles. The van der Waals surface area contributed by atoms with Crippen LogP contribution in [0.1, 0.15) is 40.7 Å². The van der Waals surface area contributed by atoms with Gasteiger partial charge in [-0.3, -0.25) is 19.7 Å². The van der Waals surface area contributed by atoms with Crippen LogP contribution in [-0.2, 0) is 22.7 Å². The molecular weight excluding hydrogens is 356 g/mol. The quantitative estimate of drug-likeness (QED) is 0.641. The number of hydrogen-bond donors (Lipinski definition) is 3. The van der Waals surface area contributed by atoms with E-state index >= 15 is 0 Å². The van der Waals surface area contributed by atoms with Crippen molar-refractivity contribution in [2.75, 3.05) is 19.6 Å². The normalized spacial score (nSPS) is 31.4. The monoisotopic (exact) mass is 382 g/mol. The van der Waals surface area contributed by atoms with Gasteiger partial charge in [0.1, 0.15) is 6.04 Å². The lowest BCUT2D eigenvalue weighted by atomic mass is 10.0. The number of nitrogens with one attached hydrogen (secondary N) is 3. The molecule has 148 valence electrons. The maximum atomic E-state index is 13.1. The molecule has 1 aromatic carbocycles. The molecule has 0 radical (unpaired) electrons. The lowest BCUT2D eigenvalue weighted by Gasteiger charge is -2.29. The summed E-state index contributed by atoms with van der Waals surface area (Å²) < 4.78 is 0. The van der Waals surface area contributed by atoms with Gasteiger partial charge in [0.05, 0.1) is 0 Å². The number of carbonyl (C=O) groups is 3. The fraction of sp³-hybridized carbons (Fsp3) is 0.571. The van der Waals surface area contributed by atoms with Gasteiger partial charge in [-0.2, -0.15) is 0 Å². The second-order valence-electron chi connectivity index (χ2n) is 8.47. The summed E-state index contributed by atoms with van der Waals surface area (Å²) in [6.07, 6.45) is 1.96. The molecule has 0 bridgehead atoms. The molecule has 1 aromatic rings. The molecule has 0 spiro atoms. The van der Waals surface area contributed by atoms with Crippen LogP contribution in [0.5, 0.6) is 0 Å². The van der Waals surface area contributed by atoms with Crippen LogP contribution in [0, 0.1) is 17.8 Å². The van der Waals surface area contributed by atoms with Gasteiger partial charge in [0, 0.05) is 25.1 Å². The minimum atomic E-state index is -0.555. The van der Waals surface area contributed by atoms with Crippen molar-refractivity contribution in [1.29, 1.82) is 0 Å². The highest BCUT2D eigenvalue weighted by atomic mass is 16.2. The Bertz CT molecular complexity index is 827. The smallest absolute Gasteiger partial charge is 0.255 e. The average Bonchev–Trinajstić information content (AvgIpc) is 3.29. The van der Waals surface area contributed by atoms with Gasteiger partial charge >= 0.3 is 0 Å². The molecule has 1 saturated carbocycles. The van der Waals surface area contributed by atoms with E-state index in [1.165, 1.54) is 6.42 Å². The number of rotatable bonds is 5. The summed E-state index contributed by atoms with van der Waals surface area (Å²) in [7, 11) is 0. The van der Waals surface area contributed by atoms with Crippen LogP contribution in [0.25, 0.3) is 0 Å². The molecule has 3 N–H and O–H groups in total. The van der Waals surface area contributed by atoms with Gasteiger partial charge < -0.3 is 15.5 Å². The molecule has 5 rings (SSSR count). The number of piperidine rings is 2. The van der Waals surface area contributed by atoms with Crippen LogP contribution in [0.3, 0.4) is 0 Å². The highest BCUT2D eigenvalue weighted by Crippen LogP contribution is 2.49. The standard InChI is InChI=1S/C21H26N4O3/c26-18-5-4-17(20(27)24-18)25-11-13-3-1-2-12(19(13)21(25)28)8-23-10-16-14-6-7-22-9-15(14)16/h1-3,14-17,22-23H,4-11H2,(H,24,26,27). The van der Waals surface area contributed by atoms with Crippen molar-refractivity contribution < 1.29 is 14.4 Å². The Morgan fingerprint density at radius 2 is 2.04 bits per heavy atom. The molecule has 0 aromatic heterocycles. The number of nitrogens with zero attached hydrogens (tertiary/aromatic N) is 1. The second kappa shape index (κ2) is 6.97. The summed E-state index contributed by atoms with van der Waals surface area (Å²) in [4.78, 5) is 38.3. The van der Waals surface area contributed by atoms with Crippen molar-refractivity contribution >= 4 is 17.7 Å². The fourth-order valence-corrected chi connectivity index (χ4v) is 5.31. The molecule has 3 heterocycles. The maximum absolute atomic E-state index is 13.1. The van der Waals surface area contributed by atoms with Crippen LogP contribution in [0.4, 0.5) is 0 Å². The third-order valence-electron chi connectivity index (χ3n) is 6.88. The van der Waals surface area contributed by atoms with Gasteiger partial charge in [-0.05, 0) is 61.4 Å². The lowest BCUT2D eigenvalue weighted by Crippen LogP contribution is -2.52. The van der Waals surface area contributed by atoms with Crippen molar-refractivity contribution in [1.82, 2.24) is 20.9 Å². The Morgan fingerprint density at radius 3 is 2.82 bits per heavy atom. The van der Waals surface area contributed by atoms with Gasteiger partial charge in [-0.15, -0.1) is 0 Å². The SMILES string of the molecule is O=C1CCC(N2Cc3cccc(CNCC4C5CCNCC54)c3C2=O)C(=O)N1. The van der Waals surface area contributed by atoms with E-state index in [0.717, 1.165) is 54.1 Å². The number of imide groups is 1. The second-order valence-corrected chi connectivity index (χ2v) is 8.47. The van der Waals surface area contributed by atoms with E-state index in [1.807, 2.05) is 18.2 Å². The molecule has 4 atom stereocenters. The van der Waals surface area contributed by atoms with E-state index < -0.39 is 6.04 Å². The molecule has 7 nitrogen and oxygen atoms in total.